The molecule has 49 heavy (non-hydrogen) atoms. The van der Waals surface area contributed by atoms with Crippen LogP contribution in [-0.4, -0.2) is 25.0 Å². The van der Waals surface area contributed by atoms with Crippen molar-refractivity contribution in [1.82, 2.24) is 4.57 Å². The van der Waals surface area contributed by atoms with Gasteiger partial charge in [0.25, 0.3) is 0 Å². The monoisotopic (exact) mass is 744 g/mol. The zero-order valence-electron chi connectivity index (χ0n) is 26.6. The number of benzene rings is 7. The quantitative estimate of drug-likeness (QED) is 0.133. The van der Waals surface area contributed by atoms with Gasteiger partial charge in [0.1, 0.15) is 0 Å². The molecule has 0 amide bonds. The molecule has 232 valence electrons. The van der Waals surface area contributed by atoms with Crippen molar-refractivity contribution in [2.75, 3.05) is 4.90 Å². The number of fused-ring (bicyclic) bond motifs is 7. The third-order valence-corrected chi connectivity index (χ3v) is 13.3. The van der Waals surface area contributed by atoms with Crippen LogP contribution in [0.3, 0.4) is 0 Å². The molecule has 0 spiro atoms. The van der Waals surface area contributed by atoms with E-state index in [-0.39, 0.29) is 5.43 Å². The maximum absolute atomic E-state index is 14.3. The first-order valence-electron chi connectivity index (χ1n) is 16.7. The Kier molecular flexibility index (Phi) is 6.62. The summed E-state index contributed by atoms with van der Waals surface area (Å²) in [6, 6.07) is 56.3. The summed E-state index contributed by atoms with van der Waals surface area (Å²) in [7, 11) is 0. The van der Waals surface area contributed by atoms with E-state index in [0.717, 1.165) is 57.4 Å². The molecule has 0 saturated carbocycles. The second-order valence-electron chi connectivity index (χ2n) is 12.9. The van der Waals surface area contributed by atoms with Crippen LogP contribution in [0, 0.1) is 0 Å². The summed E-state index contributed by atoms with van der Waals surface area (Å²) in [6.07, 6.45) is 1.85. The van der Waals surface area contributed by atoms with Gasteiger partial charge in [-0.3, -0.25) is 0 Å². The van der Waals surface area contributed by atoms with E-state index in [1.54, 1.807) is 0 Å². The van der Waals surface area contributed by atoms with Gasteiger partial charge < -0.3 is 0 Å². The van der Waals surface area contributed by atoms with Gasteiger partial charge in [-0.05, 0) is 0 Å². The Morgan fingerprint density at radius 1 is 0.449 bits per heavy atom. The van der Waals surface area contributed by atoms with Gasteiger partial charge in [0.2, 0.25) is 0 Å². The molecule has 1 aliphatic carbocycles. The summed E-state index contributed by atoms with van der Waals surface area (Å²) in [5, 5.41) is 4.15. The summed E-state index contributed by atoms with van der Waals surface area (Å²) >= 11 is -0.698. The predicted octanol–water partition coefficient (Wildman–Crippen LogP) is 10.5. The van der Waals surface area contributed by atoms with E-state index >= 15 is 0 Å². The number of nitrogens with zero attached hydrogens (tertiary/aromatic N) is 2. The Bertz CT molecular complexity index is 2760. The molecule has 3 nitrogen and oxygen atoms in total. The van der Waals surface area contributed by atoms with Crippen molar-refractivity contribution in [1.29, 1.82) is 0 Å². The van der Waals surface area contributed by atoms with Crippen molar-refractivity contribution in [3.8, 4) is 5.69 Å². The van der Waals surface area contributed by atoms with E-state index in [1.165, 1.54) is 39.8 Å². The van der Waals surface area contributed by atoms with Gasteiger partial charge in [-0.25, -0.2) is 0 Å². The van der Waals surface area contributed by atoms with Crippen LogP contribution in [-0.2, 0) is 12.8 Å². The summed E-state index contributed by atoms with van der Waals surface area (Å²) in [5.74, 6) is 0. The summed E-state index contributed by atoms with van der Waals surface area (Å²) < 4.78 is 4.84. The summed E-state index contributed by atoms with van der Waals surface area (Å²) in [4.78, 5) is 16.6. The molecule has 4 heteroatoms. The molecule has 0 saturated heterocycles. The van der Waals surface area contributed by atoms with Crippen molar-refractivity contribution in [2.24, 2.45) is 0 Å². The molecular weight excluding hydrogens is 712 g/mol. The topological polar surface area (TPSA) is 25.2 Å². The number of rotatable bonds is 4. The minimum atomic E-state index is -0.698. The molecule has 2 heterocycles. The van der Waals surface area contributed by atoms with Crippen molar-refractivity contribution in [3.05, 3.63) is 190 Å². The third-order valence-electron chi connectivity index (χ3n) is 10.1. The third kappa shape index (κ3) is 4.67. The Morgan fingerprint density at radius 2 is 1.06 bits per heavy atom. The normalized spacial score (nSPS) is 12.4. The van der Waals surface area contributed by atoms with Gasteiger partial charge in [-0.1, -0.05) is 36.4 Å². The standard InChI is InChI=1S/C45H30N2OTe/c48-45-39-25-31-23-29-11-7-8-12-30(29)24-32(31)26-44(39)49-43-22-20-36(28-40(43)45)47-41-18-10-9-17-37(41)38-27-35(19-21-42(38)47)46(33-13-3-1-4-14-33)34-15-5-2-6-16-34/h1-22,25-28H,23-24H2. The number of hydrogen-bond acceptors (Lipinski definition) is 2. The Hall–Kier alpha value is -5.40. The number of aromatic nitrogens is 1. The van der Waals surface area contributed by atoms with Crippen LogP contribution >= 0.6 is 0 Å². The van der Waals surface area contributed by atoms with E-state index in [4.69, 9.17) is 0 Å². The van der Waals surface area contributed by atoms with Crippen LogP contribution in [0.5, 0.6) is 0 Å². The number of para-hydroxylation sites is 3. The first-order chi connectivity index (χ1) is 24.2. The fourth-order valence-corrected chi connectivity index (χ4v) is 10.9. The van der Waals surface area contributed by atoms with Crippen LogP contribution in [0.25, 0.3) is 45.1 Å². The van der Waals surface area contributed by atoms with Crippen LogP contribution < -0.4 is 10.3 Å². The molecule has 0 radical (unpaired) electrons. The molecule has 0 bridgehead atoms. The number of anilines is 3. The van der Waals surface area contributed by atoms with E-state index < -0.39 is 20.4 Å². The average Bonchev–Trinajstić information content (AvgIpc) is 3.48. The van der Waals surface area contributed by atoms with Gasteiger partial charge in [-0.15, -0.1) is 0 Å². The SMILES string of the molecule is O=c1c2cc(-n3c4ccccc4c4cc(N(c5ccccc5)c5ccccc5)ccc43)ccc2[te]c2cc3c(cc12)Cc1ccccc1C3. The maximum atomic E-state index is 14.3. The van der Waals surface area contributed by atoms with Crippen molar-refractivity contribution < 1.29 is 0 Å². The molecular formula is C45H30N2OTe. The average molecular weight is 742 g/mol. The van der Waals surface area contributed by atoms with E-state index in [9.17, 15) is 4.79 Å². The minimum absolute atomic E-state index is 0.161. The van der Waals surface area contributed by atoms with Crippen LogP contribution in [0.1, 0.15) is 22.3 Å². The Balaban J connectivity index is 1.14. The first-order valence-corrected chi connectivity index (χ1v) is 19.1. The van der Waals surface area contributed by atoms with Gasteiger partial charge in [0.15, 0.2) is 0 Å². The van der Waals surface area contributed by atoms with Crippen molar-refractivity contribution >= 4 is 76.9 Å². The van der Waals surface area contributed by atoms with Crippen LogP contribution in [0.4, 0.5) is 17.1 Å². The van der Waals surface area contributed by atoms with Gasteiger partial charge >= 0.3 is 259 Å². The van der Waals surface area contributed by atoms with E-state index in [2.05, 4.69) is 167 Å². The molecule has 0 unspecified atom stereocenters. The van der Waals surface area contributed by atoms with Crippen LogP contribution in [0.2, 0.25) is 0 Å². The van der Waals surface area contributed by atoms with Gasteiger partial charge in [-0.2, -0.15) is 0 Å². The Labute approximate surface area is 293 Å². The van der Waals surface area contributed by atoms with Crippen molar-refractivity contribution in [2.45, 2.75) is 12.8 Å². The molecule has 2 aromatic heterocycles. The van der Waals surface area contributed by atoms with Crippen molar-refractivity contribution in [3.63, 3.8) is 0 Å². The Morgan fingerprint density at radius 3 is 1.80 bits per heavy atom. The van der Waals surface area contributed by atoms with Crippen LogP contribution in [0.15, 0.2) is 163 Å². The number of hydrogen-bond donors (Lipinski definition) is 0. The molecule has 9 aromatic rings. The zero-order valence-corrected chi connectivity index (χ0v) is 29.0. The summed E-state index contributed by atoms with van der Waals surface area (Å²) in [5.41, 5.74) is 12.2. The molecule has 0 aliphatic heterocycles. The first kappa shape index (κ1) is 28.6. The molecule has 0 atom stereocenters. The van der Waals surface area contributed by atoms with Gasteiger partial charge in [0, 0.05) is 0 Å². The molecule has 1 aliphatic rings. The predicted molar refractivity (Wildman–Crippen MR) is 206 cm³/mol. The molecule has 0 N–H and O–H groups in total. The fourth-order valence-electron chi connectivity index (χ4n) is 7.74. The zero-order chi connectivity index (χ0) is 32.5. The van der Waals surface area contributed by atoms with E-state index in [0.29, 0.717) is 0 Å². The molecule has 7 aromatic carbocycles. The second-order valence-corrected chi connectivity index (χ2v) is 16.0. The van der Waals surface area contributed by atoms with E-state index in [1.807, 2.05) is 0 Å². The fraction of sp³-hybridized carbons (Fsp3) is 0.0444. The molecule has 10 rings (SSSR count). The second kappa shape index (κ2) is 11.3. The van der Waals surface area contributed by atoms with Gasteiger partial charge in [0.05, 0.1) is 0 Å². The molecule has 0 fully saturated rings. The summed E-state index contributed by atoms with van der Waals surface area (Å²) in [6.45, 7) is 0.